The Morgan fingerprint density at radius 1 is 1.50 bits per heavy atom. The topological polar surface area (TPSA) is 24.9 Å². The van der Waals surface area contributed by atoms with Crippen molar-refractivity contribution >= 4 is 0 Å². The van der Waals surface area contributed by atoms with Gasteiger partial charge in [-0.15, -0.1) is 0 Å². The zero-order valence-corrected chi connectivity index (χ0v) is 8.74. The lowest BCUT2D eigenvalue weighted by Gasteiger charge is -2.33. The Morgan fingerprint density at radius 3 is 2.86 bits per heavy atom. The first-order chi connectivity index (χ1) is 6.90. The number of nitrogens with zero attached hydrogens (tertiary/aromatic N) is 1. The molecular formula is C12H18N2. The van der Waals surface area contributed by atoms with Crippen molar-refractivity contribution in [3.8, 4) is 0 Å². The van der Waals surface area contributed by atoms with Crippen LogP contribution in [0.5, 0.6) is 0 Å². The van der Waals surface area contributed by atoms with Gasteiger partial charge < -0.3 is 5.32 Å². The van der Waals surface area contributed by atoms with Crippen LogP contribution in [0.15, 0.2) is 24.4 Å². The van der Waals surface area contributed by atoms with Crippen molar-refractivity contribution in [3.63, 3.8) is 0 Å². The molecule has 1 fully saturated rings. The zero-order valence-electron chi connectivity index (χ0n) is 8.74. The second-order valence-electron chi connectivity index (χ2n) is 4.11. The van der Waals surface area contributed by atoms with E-state index in [1.54, 1.807) is 0 Å². The maximum absolute atomic E-state index is 4.37. The summed E-state index contributed by atoms with van der Waals surface area (Å²) in [6, 6.07) is 6.78. The van der Waals surface area contributed by atoms with Crippen LogP contribution in [0.2, 0.25) is 0 Å². The average molecular weight is 190 g/mol. The second kappa shape index (κ2) is 4.56. The molecule has 1 aromatic heterocycles. The molecule has 2 heteroatoms. The Kier molecular flexibility index (Phi) is 3.14. The molecule has 2 nitrogen and oxygen atoms in total. The average Bonchev–Trinajstić information content (AvgIpc) is 2.15. The van der Waals surface area contributed by atoms with Crippen molar-refractivity contribution in [2.24, 2.45) is 5.92 Å². The van der Waals surface area contributed by atoms with Crippen molar-refractivity contribution in [2.75, 3.05) is 7.05 Å². The first-order valence-electron chi connectivity index (χ1n) is 5.47. The maximum atomic E-state index is 4.37. The molecule has 1 unspecified atom stereocenters. The van der Waals surface area contributed by atoms with E-state index in [1.807, 2.05) is 12.3 Å². The third-order valence-corrected chi connectivity index (χ3v) is 3.24. The lowest BCUT2D eigenvalue weighted by atomic mass is 9.78. The number of likely N-dealkylation sites (N-methyl/N-ethyl adjacent to an activating group) is 1. The molecule has 14 heavy (non-hydrogen) atoms. The lowest BCUT2D eigenvalue weighted by Crippen LogP contribution is -2.39. The number of rotatable bonds is 4. The first kappa shape index (κ1) is 9.66. The summed E-state index contributed by atoms with van der Waals surface area (Å²) in [5, 5.41) is 3.41. The van der Waals surface area contributed by atoms with Crippen molar-refractivity contribution in [1.29, 1.82) is 0 Å². The van der Waals surface area contributed by atoms with Crippen LogP contribution >= 0.6 is 0 Å². The zero-order chi connectivity index (χ0) is 9.80. The normalized spacial score (nSPS) is 18.9. The van der Waals surface area contributed by atoms with E-state index in [0.29, 0.717) is 6.04 Å². The minimum Gasteiger partial charge on any atom is -0.316 e. The van der Waals surface area contributed by atoms with Crippen molar-refractivity contribution in [3.05, 3.63) is 30.1 Å². The largest absolute Gasteiger partial charge is 0.316 e. The van der Waals surface area contributed by atoms with Gasteiger partial charge in [0.1, 0.15) is 0 Å². The van der Waals surface area contributed by atoms with Gasteiger partial charge in [-0.1, -0.05) is 12.5 Å². The molecule has 1 saturated carbocycles. The summed E-state index contributed by atoms with van der Waals surface area (Å²) in [5.41, 5.74) is 1.21. The van der Waals surface area contributed by atoms with Gasteiger partial charge in [0.15, 0.2) is 0 Å². The van der Waals surface area contributed by atoms with E-state index >= 15 is 0 Å². The highest BCUT2D eigenvalue weighted by molar-refractivity contribution is 5.06. The Bertz CT molecular complexity index is 267. The highest BCUT2D eigenvalue weighted by Crippen LogP contribution is 2.30. The number of nitrogens with one attached hydrogen (secondary N) is 1. The minimum atomic E-state index is 0.624. The number of aromatic nitrogens is 1. The molecule has 0 radical (unpaired) electrons. The SMILES string of the molecule is CNC(Cc1ccccn1)C1CCC1. The lowest BCUT2D eigenvalue weighted by molar-refractivity contribution is 0.235. The highest BCUT2D eigenvalue weighted by atomic mass is 14.9. The van der Waals surface area contributed by atoms with E-state index in [2.05, 4.69) is 29.5 Å². The molecule has 0 amide bonds. The number of hydrogen-bond donors (Lipinski definition) is 1. The van der Waals surface area contributed by atoms with Crippen LogP contribution in [0.3, 0.4) is 0 Å². The van der Waals surface area contributed by atoms with Crippen LogP contribution in [-0.2, 0) is 6.42 Å². The molecule has 0 aliphatic heterocycles. The van der Waals surface area contributed by atoms with Crippen molar-refractivity contribution in [1.82, 2.24) is 10.3 Å². The van der Waals surface area contributed by atoms with Crippen LogP contribution in [-0.4, -0.2) is 18.1 Å². The van der Waals surface area contributed by atoms with Gasteiger partial charge in [-0.05, 0) is 37.9 Å². The summed E-state index contributed by atoms with van der Waals surface area (Å²) in [4.78, 5) is 4.37. The third kappa shape index (κ3) is 2.13. The molecule has 76 valence electrons. The van der Waals surface area contributed by atoms with E-state index in [-0.39, 0.29) is 0 Å². The van der Waals surface area contributed by atoms with Crippen LogP contribution < -0.4 is 5.32 Å². The Labute approximate surface area is 85.7 Å². The summed E-state index contributed by atoms with van der Waals surface area (Å²) >= 11 is 0. The molecule has 1 aliphatic rings. The molecule has 1 aliphatic carbocycles. The Hall–Kier alpha value is -0.890. The molecular weight excluding hydrogens is 172 g/mol. The van der Waals surface area contributed by atoms with Gasteiger partial charge in [0.05, 0.1) is 0 Å². The summed E-state index contributed by atoms with van der Waals surface area (Å²) in [7, 11) is 2.06. The molecule has 0 spiro atoms. The Balaban J connectivity index is 1.94. The van der Waals surface area contributed by atoms with Crippen molar-refractivity contribution in [2.45, 2.75) is 31.7 Å². The number of hydrogen-bond acceptors (Lipinski definition) is 2. The fourth-order valence-electron chi connectivity index (χ4n) is 2.09. The predicted octanol–water partition coefficient (Wildman–Crippen LogP) is 2.01. The first-order valence-corrected chi connectivity index (χ1v) is 5.47. The molecule has 0 saturated heterocycles. The maximum Gasteiger partial charge on any atom is 0.0419 e. The standard InChI is InChI=1S/C12H18N2/c1-13-12(10-5-4-6-10)9-11-7-2-3-8-14-11/h2-3,7-8,10,12-13H,4-6,9H2,1H3. The molecule has 1 atom stereocenters. The molecule has 0 aromatic carbocycles. The van der Waals surface area contributed by atoms with Gasteiger partial charge in [0.2, 0.25) is 0 Å². The fourth-order valence-corrected chi connectivity index (χ4v) is 2.09. The van der Waals surface area contributed by atoms with Gasteiger partial charge in [-0.25, -0.2) is 0 Å². The molecule has 2 rings (SSSR count). The van der Waals surface area contributed by atoms with Gasteiger partial charge in [0, 0.05) is 24.4 Å². The third-order valence-electron chi connectivity index (χ3n) is 3.24. The van der Waals surface area contributed by atoms with E-state index in [1.165, 1.54) is 25.0 Å². The summed E-state index contributed by atoms with van der Waals surface area (Å²) in [5.74, 6) is 0.877. The number of pyridine rings is 1. The van der Waals surface area contributed by atoms with Gasteiger partial charge in [-0.3, -0.25) is 4.98 Å². The highest BCUT2D eigenvalue weighted by Gasteiger charge is 2.26. The molecule has 1 N–H and O–H groups in total. The van der Waals surface area contributed by atoms with E-state index < -0.39 is 0 Å². The summed E-state index contributed by atoms with van der Waals surface area (Å²) in [6.45, 7) is 0. The van der Waals surface area contributed by atoms with Crippen LogP contribution in [0.4, 0.5) is 0 Å². The van der Waals surface area contributed by atoms with Gasteiger partial charge >= 0.3 is 0 Å². The Morgan fingerprint density at radius 2 is 2.36 bits per heavy atom. The monoisotopic (exact) mass is 190 g/mol. The van der Waals surface area contributed by atoms with Crippen molar-refractivity contribution < 1.29 is 0 Å². The van der Waals surface area contributed by atoms with Gasteiger partial charge in [0.25, 0.3) is 0 Å². The molecule has 1 heterocycles. The van der Waals surface area contributed by atoms with Crippen LogP contribution in [0.1, 0.15) is 25.0 Å². The minimum absolute atomic E-state index is 0.624. The van der Waals surface area contributed by atoms with Crippen LogP contribution in [0.25, 0.3) is 0 Å². The summed E-state index contributed by atoms with van der Waals surface area (Å²) < 4.78 is 0. The van der Waals surface area contributed by atoms with E-state index in [0.717, 1.165) is 12.3 Å². The fraction of sp³-hybridized carbons (Fsp3) is 0.583. The smallest absolute Gasteiger partial charge is 0.0419 e. The summed E-state index contributed by atoms with van der Waals surface area (Å²) in [6.07, 6.45) is 7.13. The second-order valence-corrected chi connectivity index (χ2v) is 4.11. The molecule has 1 aromatic rings. The predicted molar refractivity (Wildman–Crippen MR) is 58.1 cm³/mol. The van der Waals surface area contributed by atoms with Gasteiger partial charge in [-0.2, -0.15) is 0 Å². The van der Waals surface area contributed by atoms with Crippen LogP contribution in [0, 0.1) is 5.92 Å². The molecule has 0 bridgehead atoms. The van der Waals surface area contributed by atoms with E-state index in [9.17, 15) is 0 Å². The quantitative estimate of drug-likeness (QED) is 0.785. The van der Waals surface area contributed by atoms with E-state index in [4.69, 9.17) is 0 Å².